The molecule has 1 aromatic carbocycles. The molecule has 2 aromatic rings. The summed E-state index contributed by atoms with van der Waals surface area (Å²) in [5, 5.41) is 14.2. The van der Waals surface area contributed by atoms with Crippen LogP contribution in [0.15, 0.2) is 35.8 Å². The molecular formula is C17H22F2N6O. The van der Waals surface area contributed by atoms with Gasteiger partial charge in [-0.05, 0) is 19.1 Å². The van der Waals surface area contributed by atoms with E-state index >= 15 is 0 Å². The third-order valence-corrected chi connectivity index (χ3v) is 3.52. The molecule has 0 spiro atoms. The Morgan fingerprint density at radius 1 is 1.35 bits per heavy atom. The number of aryl methyl sites for hydroxylation is 1. The maximum atomic E-state index is 13.5. The van der Waals surface area contributed by atoms with Gasteiger partial charge in [-0.2, -0.15) is 0 Å². The lowest BCUT2D eigenvalue weighted by Gasteiger charge is -2.12. The van der Waals surface area contributed by atoms with Crippen LogP contribution in [0.1, 0.15) is 11.6 Å². The third-order valence-electron chi connectivity index (χ3n) is 3.52. The fourth-order valence-corrected chi connectivity index (χ4v) is 2.00. The molecule has 0 radical (unpaired) electrons. The first-order valence-electron chi connectivity index (χ1n) is 8.07. The van der Waals surface area contributed by atoms with E-state index in [0.29, 0.717) is 25.6 Å². The van der Waals surface area contributed by atoms with E-state index in [0.717, 1.165) is 23.8 Å². The van der Waals surface area contributed by atoms with E-state index in [9.17, 15) is 8.78 Å². The second-order valence-corrected chi connectivity index (χ2v) is 5.41. The minimum absolute atomic E-state index is 0.000277. The Balaban J connectivity index is 1.87. The molecule has 1 aromatic heterocycles. The van der Waals surface area contributed by atoms with E-state index in [1.54, 1.807) is 6.08 Å². The first-order chi connectivity index (χ1) is 12.5. The van der Waals surface area contributed by atoms with Crippen LogP contribution >= 0.6 is 0 Å². The quantitative estimate of drug-likeness (QED) is 0.323. The van der Waals surface area contributed by atoms with Gasteiger partial charge in [0, 0.05) is 19.7 Å². The van der Waals surface area contributed by atoms with Crippen molar-refractivity contribution in [3.05, 3.63) is 54.1 Å². The SMILES string of the molecule is C=CCNC(=NCc1nnc(C)n1C)NCCOc1ccc(F)cc1F. The zero-order valence-electron chi connectivity index (χ0n) is 14.8. The molecule has 2 rings (SSSR count). The number of benzene rings is 1. The lowest BCUT2D eigenvalue weighted by atomic mass is 10.3. The predicted octanol–water partition coefficient (Wildman–Crippen LogP) is 1.70. The molecule has 0 atom stereocenters. The number of hydrogen-bond donors (Lipinski definition) is 2. The van der Waals surface area contributed by atoms with Crippen LogP contribution in [0.3, 0.4) is 0 Å². The van der Waals surface area contributed by atoms with Crippen LogP contribution in [-0.2, 0) is 13.6 Å². The van der Waals surface area contributed by atoms with Crippen LogP contribution in [0.2, 0.25) is 0 Å². The molecule has 140 valence electrons. The highest BCUT2D eigenvalue weighted by Gasteiger charge is 2.06. The molecule has 0 saturated heterocycles. The van der Waals surface area contributed by atoms with Gasteiger partial charge in [-0.15, -0.1) is 16.8 Å². The second kappa shape index (κ2) is 9.50. The summed E-state index contributed by atoms with van der Waals surface area (Å²) in [6.45, 7) is 6.94. The largest absolute Gasteiger partial charge is 0.489 e. The van der Waals surface area contributed by atoms with Crippen molar-refractivity contribution in [2.75, 3.05) is 19.7 Å². The van der Waals surface area contributed by atoms with Crippen LogP contribution in [0, 0.1) is 18.6 Å². The molecule has 0 saturated carbocycles. The minimum atomic E-state index is -0.735. The highest BCUT2D eigenvalue weighted by Crippen LogP contribution is 2.17. The number of guanidine groups is 1. The van der Waals surface area contributed by atoms with E-state index in [-0.39, 0.29) is 12.4 Å². The minimum Gasteiger partial charge on any atom is -0.489 e. The average Bonchev–Trinajstić information content (AvgIpc) is 2.93. The van der Waals surface area contributed by atoms with Crippen LogP contribution in [-0.4, -0.2) is 40.4 Å². The van der Waals surface area contributed by atoms with Gasteiger partial charge in [0.2, 0.25) is 0 Å². The molecule has 0 bridgehead atoms. The van der Waals surface area contributed by atoms with Crippen molar-refractivity contribution >= 4 is 5.96 Å². The molecule has 0 aliphatic rings. The van der Waals surface area contributed by atoms with Crippen LogP contribution in [0.25, 0.3) is 0 Å². The molecule has 7 nitrogen and oxygen atoms in total. The maximum Gasteiger partial charge on any atom is 0.192 e. The first-order valence-corrected chi connectivity index (χ1v) is 8.07. The number of ether oxygens (including phenoxy) is 1. The summed E-state index contributed by atoms with van der Waals surface area (Å²) in [5.74, 6) is 0.690. The third kappa shape index (κ3) is 5.54. The van der Waals surface area contributed by atoms with Crippen molar-refractivity contribution in [2.24, 2.45) is 12.0 Å². The fraction of sp³-hybridized carbons (Fsp3) is 0.353. The van der Waals surface area contributed by atoms with Crippen LogP contribution in [0.4, 0.5) is 8.78 Å². The van der Waals surface area contributed by atoms with Crippen molar-refractivity contribution in [1.29, 1.82) is 0 Å². The Morgan fingerprint density at radius 3 is 2.81 bits per heavy atom. The topological polar surface area (TPSA) is 76.4 Å². The average molecular weight is 364 g/mol. The van der Waals surface area contributed by atoms with Crippen LogP contribution in [0.5, 0.6) is 5.75 Å². The number of hydrogen-bond acceptors (Lipinski definition) is 4. The Kier molecular flexibility index (Phi) is 7.07. The van der Waals surface area contributed by atoms with Crippen molar-refractivity contribution in [2.45, 2.75) is 13.5 Å². The predicted molar refractivity (Wildman–Crippen MR) is 94.9 cm³/mol. The molecule has 2 N–H and O–H groups in total. The van der Waals surface area contributed by atoms with E-state index in [2.05, 4.69) is 32.4 Å². The normalized spacial score (nSPS) is 11.3. The summed E-state index contributed by atoms with van der Waals surface area (Å²) in [7, 11) is 1.87. The summed E-state index contributed by atoms with van der Waals surface area (Å²) < 4.78 is 33.5. The second-order valence-electron chi connectivity index (χ2n) is 5.41. The molecule has 0 unspecified atom stereocenters. The van der Waals surface area contributed by atoms with Crippen LogP contribution < -0.4 is 15.4 Å². The molecule has 0 fully saturated rings. The number of rotatable bonds is 8. The van der Waals surface area contributed by atoms with Gasteiger partial charge in [-0.1, -0.05) is 6.08 Å². The summed E-state index contributed by atoms with van der Waals surface area (Å²) >= 11 is 0. The standard InChI is InChI=1S/C17H22F2N6O/c1-4-7-20-17(22-11-16-24-23-12(2)25(16)3)21-8-9-26-15-6-5-13(18)10-14(15)19/h4-6,10H,1,7-9,11H2,2-3H3,(H2,20,21,22). The zero-order valence-corrected chi connectivity index (χ0v) is 14.8. The maximum absolute atomic E-state index is 13.5. The summed E-state index contributed by atoms with van der Waals surface area (Å²) in [5.41, 5.74) is 0. The van der Waals surface area contributed by atoms with Gasteiger partial charge in [0.1, 0.15) is 24.8 Å². The Morgan fingerprint density at radius 2 is 2.15 bits per heavy atom. The highest BCUT2D eigenvalue weighted by molar-refractivity contribution is 5.79. The lowest BCUT2D eigenvalue weighted by molar-refractivity contribution is 0.304. The van der Waals surface area contributed by atoms with Crippen molar-refractivity contribution < 1.29 is 13.5 Å². The Hall–Kier alpha value is -2.97. The van der Waals surface area contributed by atoms with Gasteiger partial charge < -0.3 is 19.9 Å². The van der Waals surface area contributed by atoms with E-state index in [1.807, 2.05) is 18.5 Å². The molecule has 0 amide bonds. The van der Waals surface area contributed by atoms with E-state index in [1.165, 1.54) is 6.07 Å². The van der Waals surface area contributed by atoms with Gasteiger partial charge in [0.05, 0.1) is 6.54 Å². The molecule has 0 aliphatic carbocycles. The van der Waals surface area contributed by atoms with Gasteiger partial charge >= 0.3 is 0 Å². The first kappa shape index (κ1) is 19.4. The number of aromatic nitrogens is 3. The zero-order chi connectivity index (χ0) is 18.9. The monoisotopic (exact) mass is 364 g/mol. The van der Waals surface area contributed by atoms with Gasteiger partial charge in [-0.3, -0.25) is 0 Å². The molecule has 9 heteroatoms. The molecule has 1 heterocycles. The number of halogens is 2. The van der Waals surface area contributed by atoms with E-state index in [4.69, 9.17) is 4.74 Å². The number of nitrogens with one attached hydrogen (secondary N) is 2. The Bertz CT molecular complexity index is 775. The summed E-state index contributed by atoms with van der Waals surface area (Å²) in [6, 6.07) is 3.18. The van der Waals surface area contributed by atoms with Crippen molar-refractivity contribution in [1.82, 2.24) is 25.4 Å². The lowest BCUT2D eigenvalue weighted by Crippen LogP contribution is -2.39. The van der Waals surface area contributed by atoms with Crippen molar-refractivity contribution in [3.8, 4) is 5.75 Å². The number of nitrogens with zero attached hydrogens (tertiary/aromatic N) is 4. The smallest absolute Gasteiger partial charge is 0.192 e. The molecule has 26 heavy (non-hydrogen) atoms. The fourth-order valence-electron chi connectivity index (χ4n) is 2.00. The molecule has 0 aliphatic heterocycles. The van der Waals surface area contributed by atoms with E-state index < -0.39 is 11.6 Å². The van der Waals surface area contributed by atoms with Crippen molar-refractivity contribution in [3.63, 3.8) is 0 Å². The van der Waals surface area contributed by atoms with Gasteiger partial charge in [-0.25, -0.2) is 13.8 Å². The van der Waals surface area contributed by atoms with Gasteiger partial charge in [0.25, 0.3) is 0 Å². The summed E-state index contributed by atoms with van der Waals surface area (Å²) in [6.07, 6.45) is 1.70. The Labute approximate surface area is 150 Å². The molecular weight excluding hydrogens is 342 g/mol. The van der Waals surface area contributed by atoms with Gasteiger partial charge in [0.15, 0.2) is 23.4 Å². The highest BCUT2D eigenvalue weighted by atomic mass is 19.1. The number of aliphatic imine (C=N–C) groups is 1. The summed E-state index contributed by atoms with van der Waals surface area (Å²) in [4.78, 5) is 4.42.